The molecule has 0 saturated carbocycles. The molecule has 0 aliphatic rings. The molecule has 124 valence electrons. The Kier molecular flexibility index (Phi) is 5.86. The second-order valence-corrected chi connectivity index (χ2v) is 4.92. The first kappa shape index (κ1) is 17.4. The Balaban J connectivity index is 1.94. The Bertz CT molecular complexity index is 758. The van der Waals surface area contributed by atoms with Crippen LogP contribution in [0.2, 0.25) is 5.02 Å². The van der Waals surface area contributed by atoms with Gasteiger partial charge in [0.2, 0.25) is 0 Å². The van der Waals surface area contributed by atoms with E-state index in [-0.39, 0.29) is 10.6 Å². The second-order valence-electron chi connectivity index (χ2n) is 4.52. The summed E-state index contributed by atoms with van der Waals surface area (Å²) in [6.07, 6.45) is 1.02. The molecule has 2 N–H and O–H groups in total. The van der Waals surface area contributed by atoms with Crippen LogP contribution in [0, 0.1) is 5.82 Å². The van der Waals surface area contributed by atoms with Crippen molar-refractivity contribution in [3.05, 3.63) is 58.9 Å². The van der Waals surface area contributed by atoms with Crippen LogP contribution < -0.4 is 15.5 Å². The van der Waals surface area contributed by atoms with Crippen molar-refractivity contribution in [3.8, 4) is 5.75 Å². The zero-order chi connectivity index (χ0) is 17.5. The molecule has 0 spiro atoms. The number of benzene rings is 2. The van der Waals surface area contributed by atoms with Gasteiger partial charge >= 0.3 is 11.8 Å². The lowest BCUT2D eigenvalue weighted by Gasteiger charge is -2.05. The van der Waals surface area contributed by atoms with Crippen LogP contribution in [-0.2, 0) is 9.59 Å². The fourth-order valence-electron chi connectivity index (χ4n) is 1.70. The van der Waals surface area contributed by atoms with Gasteiger partial charge in [-0.05, 0) is 36.4 Å². The van der Waals surface area contributed by atoms with E-state index >= 15 is 0 Å². The van der Waals surface area contributed by atoms with Crippen molar-refractivity contribution >= 4 is 35.3 Å². The van der Waals surface area contributed by atoms with Crippen molar-refractivity contribution in [2.24, 2.45) is 5.10 Å². The molecule has 6 nitrogen and oxygen atoms in total. The van der Waals surface area contributed by atoms with Gasteiger partial charge in [-0.25, -0.2) is 9.82 Å². The Morgan fingerprint density at radius 2 is 1.88 bits per heavy atom. The number of hydrazone groups is 1. The highest BCUT2D eigenvalue weighted by Crippen LogP contribution is 2.16. The number of rotatable bonds is 4. The molecule has 8 heteroatoms. The van der Waals surface area contributed by atoms with E-state index < -0.39 is 17.6 Å². The van der Waals surface area contributed by atoms with E-state index in [0.717, 1.165) is 6.21 Å². The predicted molar refractivity (Wildman–Crippen MR) is 88.8 cm³/mol. The van der Waals surface area contributed by atoms with Crippen LogP contribution in [0.1, 0.15) is 5.56 Å². The summed E-state index contributed by atoms with van der Waals surface area (Å²) in [7, 11) is 1.51. The lowest BCUT2D eigenvalue weighted by Crippen LogP contribution is -2.32. The fourth-order valence-corrected chi connectivity index (χ4v) is 1.91. The quantitative estimate of drug-likeness (QED) is 0.506. The molecule has 2 rings (SSSR count). The third-order valence-electron chi connectivity index (χ3n) is 2.91. The minimum atomic E-state index is -1.01. The van der Waals surface area contributed by atoms with Gasteiger partial charge in [0.25, 0.3) is 0 Å². The van der Waals surface area contributed by atoms with E-state index in [0.29, 0.717) is 11.4 Å². The molecule has 0 atom stereocenters. The third kappa shape index (κ3) is 4.53. The largest absolute Gasteiger partial charge is 0.497 e. The van der Waals surface area contributed by atoms with Crippen LogP contribution in [0.3, 0.4) is 0 Å². The lowest BCUT2D eigenvalue weighted by molar-refractivity contribution is -0.136. The minimum Gasteiger partial charge on any atom is -0.497 e. The van der Waals surface area contributed by atoms with Gasteiger partial charge in [0, 0.05) is 11.3 Å². The first-order chi connectivity index (χ1) is 11.5. The van der Waals surface area contributed by atoms with Crippen LogP contribution in [0.15, 0.2) is 47.6 Å². The topological polar surface area (TPSA) is 79.8 Å². The highest BCUT2D eigenvalue weighted by molar-refractivity contribution is 6.39. The number of carbonyl (C=O) groups is 2. The average molecular weight is 350 g/mol. The maximum atomic E-state index is 13.5. The van der Waals surface area contributed by atoms with Gasteiger partial charge in [-0.1, -0.05) is 17.7 Å². The Labute approximate surface area is 142 Å². The minimum absolute atomic E-state index is 0.00929. The van der Waals surface area contributed by atoms with Crippen LogP contribution >= 0.6 is 11.6 Å². The normalized spacial score (nSPS) is 10.5. The van der Waals surface area contributed by atoms with Crippen LogP contribution in [0.25, 0.3) is 0 Å². The van der Waals surface area contributed by atoms with Crippen molar-refractivity contribution in [2.75, 3.05) is 12.4 Å². The Morgan fingerprint density at radius 1 is 1.17 bits per heavy atom. The van der Waals surface area contributed by atoms with E-state index in [1.165, 1.54) is 25.3 Å². The molecule has 0 radical (unpaired) electrons. The first-order valence-electron chi connectivity index (χ1n) is 6.73. The number of methoxy groups -OCH3 is 1. The monoisotopic (exact) mass is 349 g/mol. The molecule has 0 aliphatic carbocycles. The number of hydrogen-bond acceptors (Lipinski definition) is 4. The van der Waals surface area contributed by atoms with Gasteiger partial charge in [0.15, 0.2) is 0 Å². The third-order valence-corrected chi connectivity index (χ3v) is 3.24. The zero-order valence-electron chi connectivity index (χ0n) is 12.5. The number of anilines is 1. The standard InChI is InChI=1S/C16H13ClFN3O3/c1-24-11-7-5-10(6-8-11)20-15(22)16(23)21-19-9-12-13(17)3-2-4-14(12)18/h2-9H,1H3,(H,20,22)(H,21,23)/b19-9+. The van der Waals surface area contributed by atoms with Gasteiger partial charge < -0.3 is 10.1 Å². The molecule has 0 aliphatic heterocycles. The van der Waals surface area contributed by atoms with Crippen LogP contribution in [0.4, 0.5) is 10.1 Å². The van der Waals surface area contributed by atoms with Crippen molar-refractivity contribution in [1.82, 2.24) is 5.43 Å². The molecular weight excluding hydrogens is 337 g/mol. The van der Waals surface area contributed by atoms with Crippen LogP contribution in [-0.4, -0.2) is 25.1 Å². The molecule has 0 saturated heterocycles. The van der Waals surface area contributed by atoms with Crippen molar-refractivity contribution in [2.45, 2.75) is 0 Å². The molecule has 2 amide bonds. The number of ether oxygens (including phenoxy) is 1. The van der Waals surface area contributed by atoms with Gasteiger partial charge in [-0.2, -0.15) is 5.10 Å². The van der Waals surface area contributed by atoms with E-state index in [4.69, 9.17) is 16.3 Å². The molecule has 0 unspecified atom stereocenters. The summed E-state index contributed by atoms with van der Waals surface area (Å²) in [5.74, 6) is -1.90. The van der Waals surface area contributed by atoms with Gasteiger partial charge in [0.1, 0.15) is 11.6 Å². The summed E-state index contributed by atoms with van der Waals surface area (Å²) >= 11 is 5.81. The Hall–Kier alpha value is -2.93. The summed E-state index contributed by atoms with van der Waals surface area (Å²) in [5, 5.41) is 6.04. The summed E-state index contributed by atoms with van der Waals surface area (Å²) in [5.41, 5.74) is 2.42. The summed E-state index contributed by atoms with van der Waals surface area (Å²) < 4.78 is 18.5. The average Bonchev–Trinajstić information content (AvgIpc) is 2.58. The highest BCUT2D eigenvalue weighted by atomic mass is 35.5. The van der Waals surface area contributed by atoms with Crippen molar-refractivity contribution in [3.63, 3.8) is 0 Å². The molecule has 2 aromatic carbocycles. The molecule has 0 aromatic heterocycles. The molecule has 24 heavy (non-hydrogen) atoms. The number of carbonyl (C=O) groups excluding carboxylic acids is 2. The van der Waals surface area contributed by atoms with Crippen molar-refractivity contribution in [1.29, 1.82) is 0 Å². The van der Waals surface area contributed by atoms with Crippen LogP contribution in [0.5, 0.6) is 5.75 Å². The predicted octanol–water partition coefficient (Wildman–Crippen LogP) is 2.58. The summed E-state index contributed by atoms with van der Waals surface area (Å²) in [6.45, 7) is 0. The smallest absolute Gasteiger partial charge is 0.329 e. The second kappa shape index (κ2) is 8.07. The van der Waals surface area contributed by atoms with Gasteiger partial charge in [-0.15, -0.1) is 0 Å². The molecule has 0 heterocycles. The number of amides is 2. The SMILES string of the molecule is COc1ccc(NC(=O)C(=O)N/N=C/c2c(F)cccc2Cl)cc1. The number of nitrogens with one attached hydrogen (secondary N) is 2. The number of hydrogen-bond donors (Lipinski definition) is 2. The van der Waals surface area contributed by atoms with Gasteiger partial charge in [-0.3, -0.25) is 9.59 Å². The van der Waals surface area contributed by atoms with E-state index in [1.807, 2.05) is 5.43 Å². The van der Waals surface area contributed by atoms with Gasteiger partial charge in [0.05, 0.1) is 18.3 Å². The maximum Gasteiger partial charge on any atom is 0.329 e. The Morgan fingerprint density at radius 3 is 2.50 bits per heavy atom. The number of halogens is 2. The lowest BCUT2D eigenvalue weighted by atomic mass is 10.2. The molecule has 0 fully saturated rings. The van der Waals surface area contributed by atoms with E-state index in [9.17, 15) is 14.0 Å². The highest BCUT2D eigenvalue weighted by Gasteiger charge is 2.13. The summed E-state index contributed by atoms with van der Waals surface area (Å²) in [4.78, 5) is 23.4. The molecule has 0 bridgehead atoms. The fraction of sp³-hybridized carbons (Fsp3) is 0.0625. The molecule has 2 aromatic rings. The van der Waals surface area contributed by atoms with Crippen molar-refractivity contribution < 1.29 is 18.7 Å². The summed E-state index contributed by atoms with van der Waals surface area (Å²) in [6, 6.07) is 10.5. The zero-order valence-corrected chi connectivity index (χ0v) is 13.3. The number of nitrogens with zero attached hydrogens (tertiary/aromatic N) is 1. The van der Waals surface area contributed by atoms with E-state index in [1.54, 1.807) is 24.3 Å². The maximum absolute atomic E-state index is 13.5. The molecular formula is C16H13ClFN3O3. The first-order valence-corrected chi connectivity index (χ1v) is 7.11. The van der Waals surface area contributed by atoms with E-state index in [2.05, 4.69) is 10.4 Å².